The minimum absolute atomic E-state index is 0.141. The first-order valence-electron chi connectivity index (χ1n) is 8.02. The molecule has 0 atom stereocenters. The minimum Gasteiger partial charge on any atom is -0.352 e. The van der Waals surface area contributed by atoms with E-state index in [-0.39, 0.29) is 24.1 Å². The van der Waals surface area contributed by atoms with E-state index in [0.29, 0.717) is 18.5 Å². The first kappa shape index (κ1) is 16.2. The Morgan fingerprint density at radius 2 is 1.92 bits per heavy atom. The van der Waals surface area contributed by atoms with Crippen molar-refractivity contribution in [2.24, 2.45) is 0 Å². The van der Waals surface area contributed by atoms with E-state index in [0.717, 1.165) is 24.2 Å². The summed E-state index contributed by atoms with van der Waals surface area (Å²) in [5, 5.41) is 2.83. The summed E-state index contributed by atoms with van der Waals surface area (Å²) in [6.07, 6.45) is 1.62. The van der Waals surface area contributed by atoms with Crippen LogP contribution in [0.2, 0.25) is 0 Å². The molecule has 0 radical (unpaired) electrons. The molecule has 2 amide bonds. The quantitative estimate of drug-likeness (QED) is 0.918. The minimum atomic E-state index is -0.344. The van der Waals surface area contributed by atoms with Crippen LogP contribution in [-0.4, -0.2) is 18.4 Å². The number of anilines is 1. The van der Waals surface area contributed by atoms with E-state index < -0.39 is 0 Å². The smallest absolute Gasteiger partial charge is 0.227 e. The molecule has 2 aromatic rings. The third-order valence-corrected chi connectivity index (χ3v) is 4.04. The molecule has 1 fully saturated rings. The van der Waals surface area contributed by atoms with Crippen LogP contribution in [-0.2, 0) is 22.6 Å². The molecule has 1 heterocycles. The molecular formula is C19H19FN2O2. The van der Waals surface area contributed by atoms with Gasteiger partial charge in [-0.05, 0) is 41.8 Å². The van der Waals surface area contributed by atoms with Crippen LogP contribution in [0, 0.1) is 5.82 Å². The van der Waals surface area contributed by atoms with Crippen LogP contribution < -0.4 is 10.2 Å². The number of nitrogens with one attached hydrogen (secondary N) is 1. The Hall–Kier alpha value is -2.69. The summed E-state index contributed by atoms with van der Waals surface area (Å²) in [6.45, 7) is 1.12. The van der Waals surface area contributed by atoms with Gasteiger partial charge in [-0.15, -0.1) is 0 Å². The molecule has 1 aliphatic heterocycles. The van der Waals surface area contributed by atoms with Crippen LogP contribution in [0.3, 0.4) is 0 Å². The molecule has 124 valence electrons. The molecule has 0 spiro atoms. The lowest BCUT2D eigenvalue weighted by atomic mass is 10.1. The van der Waals surface area contributed by atoms with E-state index in [4.69, 9.17) is 0 Å². The highest BCUT2D eigenvalue weighted by atomic mass is 19.1. The lowest BCUT2D eigenvalue weighted by Crippen LogP contribution is -2.26. The van der Waals surface area contributed by atoms with Crippen LogP contribution in [0.4, 0.5) is 10.1 Å². The molecule has 1 saturated heterocycles. The van der Waals surface area contributed by atoms with Gasteiger partial charge in [-0.25, -0.2) is 4.39 Å². The van der Waals surface area contributed by atoms with Gasteiger partial charge in [0.1, 0.15) is 5.82 Å². The summed E-state index contributed by atoms with van der Waals surface area (Å²) in [5.41, 5.74) is 2.44. The molecule has 0 aliphatic carbocycles. The predicted octanol–water partition coefficient (Wildman–Crippen LogP) is 2.81. The summed E-state index contributed by atoms with van der Waals surface area (Å²) in [7, 11) is 0. The highest BCUT2D eigenvalue weighted by molar-refractivity contribution is 5.95. The first-order chi connectivity index (χ1) is 11.6. The van der Waals surface area contributed by atoms with Crippen molar-refractivity contribution in [3.05, 3.63) is 65.5 Å². The number of carbonyl (C=O) groups excluding carboxylic acids is 2. The largest absolute Gasteiger partial charge is 0.352 e. The van der Waals surface area contributed by atoms with Gasteiger partial charge in [0.25, 0.3) is 0 Å². The maximum absolute atomic E-state index is 13.1. The average Bonchev–Trinajstić information content (AvgIpc) is 2.99. The van der Waals surface area contributed by atoms with Gasteiger partial charge in [-0.1, -0.05) is 24.3 Å². The Morgan fingerprint density at radius 1 is 1.12 bits per heavy atom. The van der Waals surface area contributed by atoms with Gasteiger partial charge in [0, 0.05) is 25.2 Å². The fourth-order valence-corrected chi connectivity index (χ4v) is 2.85. The molecule has 4 nitrogen and oxygen atoms in total. The monoisotopic (exact) mass is 326 g/mol. The van der Waals surface area contributed by atoms with Crippen LogP contribution in [0.5, 0.6) is 0 Å². The zero-order valence-corrected chi connectivity index (χ0v) is 13.3. The number of rotatable bonds is 5. The van der Waals surface area contributed by atoms with Crippen molar-refractivity contribution in [2.45, 2.75) is 25.8 Å². The third kappa shape index (κ3) is 3.98. The van der Waals surface area contributed by atoms with Gasteiger partial charge in [-0.3, -0.25) is 9.59 Å². The molecule has 3 rings (SSSR count). The third-order valence-electron chi connectivity index (χ3n) is 4.04. The molecule has 0 saturated carbocycles. The summed E-state index contributed by atoms with van der Waals surface area (Å²) >= 11 is 0. The average molecular weight is 326 g/mol. The molecule has 2 aromatic carbocycles. The molecule has 0 bridgehead atoms. The normalized spacial score (nSPS) is 14.0. The zero-order valence-electron chi connectivity index (χ0n) is 13.3. The zero-order chi connectivity index (χ0) is 16.9. The van der Waals surface area contributed by atoms with Gasteiger partial charge in [0.15, 0.2) is 0 Å². The van der Waals surface area contributed by atoms with Crippen LogP contribution in [0.1, 0.15) is 24.0 Å². The van der Waals surface area contributed by atoms with E-state index in [1.54, 1.807) is 17.0 Å². The predicted molar refractivity (Wildman–Crippen MR) is 90.0 cm³/mol. The van der Waals surface area contributed by atoms with Gasteiger partial charge in [0.2, 0.25) is 11.8 Å². The maximum Gasteiger partial charge on any atom is 0.227 e. The number of hydrogen-bond donors (Lipinski definition) is 1. The van der Waals surface area contributed by atoms with E-state index in [2.05, 4.69) is 5.32 Å². The molecular weight excluding hydrogens is 307 g/mol. The number of halogens is 1. The van der Waals surface area contributed by atoms with Crippen molar-refractivity contribution in [3.63, 3.8) is 0 Å². The fourth-order valence-electron chi connectivity index (χ4n) is 2.85. The van der Waals surface area contributed by atoms with Crippen LogP contribution in [0.15, 0.2) is 48.5 Å². The summed E-state index contributed by atoms with van der Waals surface area (Å²) in [5.74, 6) is -0.367. The molecule has 0 aromatic heterocycles. The van der Waals surface area contributed by atoms with Crippen LogP contribution >= 0.6 is 0 Å². The molecule has 5 heteroatoms. The highest BCUT2D eigenvalue weighted by Crippen LogP contribution is 2.22. The Balaban J connectivity index is 1.58. The lowest BCUT2D eigenvalue weighted by Gasteiger charge is -2.16. The topological polar surface area (TPSA) is 49.4 Å². The summed E-state index contributed by atoms with van der Waals surface area (Å²) in [6, 6.07) is 13.6. The van der Waals surface area contributed by atoms with E-state index in [9.17, 15) is 14.0 Å². The number of nitrogens with zero attached hydrogens (tertiary/aromatic N) is 1. The van der Waals surface area contributed by atoms with Crippen molar-refractivity contribution in [1.82, 2.24) is 5.32 Å². The Morgan fingerprint density at radius 3 is 2.67 bits per heavy atom. The van der Waals surface area contributed by atoms with Crippen molar-refractivity contribution in [2.75, 3.05) is 11.4 Å². The fraction of sp³-hybridized carbons (Fsp3) is 0.263. The van der Waals surface area contributed by atoms with E-state index in [1.165, 1.54) is 12.1 Å². The lowest BCUT2D eigenvalue weighted by molar-refractivity contribution is -0.120. The van der Waals surface area contributed by atoms with Gasteiger partial charge in [-0.2, -0.15) is 0 Å². The van der Waals surface area contributed by atoms with Gasteiger partial charge < -0.3 is 10.2 Å². The molecule has 1 aliphatic rings. The van der Waals surface area contributed by atoms with Gasteiger partial charge >= 0.3 is 0 Å². The van der Waals surface area contributed by atoms with Crippen molar-refractivity contribution >= 4 is 17.5 Å². The number of carbonyl (C=O) groups is 2. The second kappa shape index (κ2) is 7.25. The van der Waals surface area contributed by atoms with Crippen molar-refractivity contribution < 1.29 is 14.0 Å². The Kier molecular flexibility index (Phi) is 4.89. The summed E-state index contributed by atoms with van der Waals surface area (Å²) in [4.78, 5) is 25.6. The second-order valence-corrected chi connectivity index (χ2v) is 5.90. The van der Waals surface area contributed by atoms with E-state index >= 15 is 0 Å². The number of benzene rings is 2. The van der Waals surface area contributed by atoms with Gasteiger partial charge in [0.05, 0.1) is 6.42 Å². The van der Waals surface area contributed by atoms with Crippen molar-refractivity contribution in [1.29, 1.82) is 0 Å². The number of amides is 2. The Bertz CT molecular complexity index is 761. The van der Waals surface area contributed by atoms with Crippen LogP contribution in [0.25, 0.3) is 0 Å². The SMILES string of the molecule is O=C(Cc1cccc(F)c1)NCc1cccc(N2CCCC2=O)c1. The van der Waals surface area contributed by atoms with E-state index in [1.807, 2.05) is 24.3 Å². The van der Waals surface area contributed by atoms with Crippen molar-refractivity contribution in [3.8, 4) is 0 Å². The second-order valence-electron chi connectivity index (χ2n) is 5.90. The molecule has 24 heavy (non-hydrogen) atoms. The number of hydrogen-bond acceptors (Lipinski definition) is 2. The molecule has 1 N–H and O–H groups in total. The maximum atomic E-state index is 13.1. The standard InChI is InChI=1S/C19H19FN2O2/c20-16-6-1-4-14(10-16)12-18(23)21-13-15-5-2-7-17(11-15)22-9-3-8-19(22)24/h1-2,4-7,10-11H,3,8-9,12-13H2,(H,21,23). The summed E-state index contributed by atoms with van der Waals surface area (Å²) < 4.78 is 13.1. The highest BCUT2D eigenvalue weighted by Gasteiger charge is 2.21. The molecule has 0 unspecified atom stereocenters. The Labute approximate surface area is 140 Å². The first-order valence-corrected chi connectivity index (χ1v) is 8.02.